The number of hydrogen-bond donors (Lipinski definition) is 2. The van der Waals surface area contributed by atoms with Gasteiger partial charge >= 0.3 is 0 Å². The van der Waals surface area contributed by atoms with Gasteiger partial charge in [0.2, 0.25) is 11.0 Å². The van der Waals surface area contributed by atoms with Crippen molar-refractivity contribution < 1.29 is 17.9 Å². The number of ether oxygens (including phenoxy) is 1. The van der Waals surface area contributed by atoms with Crippen LogP contribution in [-0.4, -0.2) is 31.1 Å². The Balaban J connectivity index is 2.18. The fourth-order valence-electron chi connectivity index (χ4n) is 1.53. The minimum atomic E-state index is -3.87. The van der Waals surface area contributed by atoms with Crippen LogP contribution in [0.5, 0.6) is 5.75 Å². The highest BCUT2D eigenvalue weighted by Gasteiger charge is 2.21. The van der Waals surface area contributed by atoms with Gasteiger partial charge in [0.1, 0.15) is 5.75 Å². The van der Waals surface area contributed by atoms with Crippen LogP contribution in [0.15, 0.2) is 28.6 Å². The van der Waals surface area contributed by atoms with Gasteiger partial charge in [0, 0.05) is 13.0 Å². The highest BCUT2D eigenvalue weighted by atomic mass is 32.2. The third-order valence-corrected chi connectivity index (χ3v) is 4.90. The fraction of sp³-hybridized carbons (Fsp3) is 0.250. The molecule has 0 atom stereocenters. The monoisotopic (exact) mass is 342 g/mol. The number of nitrogens with one attached hydrogen (secondary N) is 2. The molecule has 22 heavy (non-hydrogen) atoms. The number of sulfonamides is 1. The van der Waals surface area contributed by atoms with Crippen LogP contribution in [0.4, 0.5) is 10.8 Å². The van der Waals surface area contributed by atoms with Crippen LogP contribution >= 0.6 is 11.3 Å². The zero-order valence-electron chi connectivity index (χ0n) is 11.9. The van der Waals surface area contributed by atoms with Crippen LogP contribution in [0.1, 0.15) is 13.8 Å². The van der Waals surface area contributed by atoms with Crippen molar-refractivity contribution in [3.8, 4) is 5.75 Å². The van der Waals surface area contributed by atoms with Gasteiger partial charge in [-0.05, 0) is 19.1 Å². The summed E-state index contributed by atoms with van der Waals surface area (Å²) in [5.41, 5.74) is 0.349. The first-order valence-electron chi connectivity index (χ1n) is 6.27. The summed E-state index contributed by atoms with van der Waals surface area (Å²) in [5.74, 6) is 0.205. The van der Waals surface area contributed by atoms with Gasteiger partial charge in [-0.3, -0.25) is 9.52 Å². The second-order valence-corrected chi connectivity index (χ2v) is 6.95. The van der Waals surface area contributed by atoms with Crippen LogP contribution < -0.4 is 14.8 Å². The van der Waals surface area contributed by atoms with E-state index in [1.54, 1.807) is 24.3 Å². The maximum atomic E-state index is 12.2. The smallest absolute Gasteiger partial charge is 0.291 e. The second-order valence-electron chi connectivity index (χ2n) is 4.12. The number of aromatic nitrogens is 2. The highest BCUT2D eigenvalue weighted by molar-refractivity contribution is 7.94. The maximum Gasteiger partial charge on any atom is 0.291 e. The van der Waals surface area contributed by atoms with Crippen molar-refractivity contribution in [1.29, 1.82) is 0 Å². The SMILES string of the molecule is CCOc1cccc(NS(=O)(=O)c2nnc(NC(C)=O)s2)c1. The van der Waals surface area contributed by atoms with E-state index >= 15 is 0 Å². The molecule has 1 aromatic heterocycles. The van der Waals surface area contributed by atoms with Gasteiger partial charge in [-0.1, -0.05) is 17.4 Å². The van der Waals surface area contributed by atoms with E-state index in [0.29, 0.717) is 18.0 Å². The third-order valence-electron chi connectivity index (χ3n) is 2.32. The van der Waals surface area contributed by atoms with E-state index in [1.807, 2.05) is 6.92 Å². The largest absolute Gasteiger partial charge is 0.494 e. The highest BCUT2D eigenvalue weighted by Crippen LogP contribution is 2.24. The van der Waals surface area contributed by atoms with Crippen molar-refractivity contribution >= 4 is 38.1 Å². The molecular weight excluding hydrogens is 328 g/mol. The van der Waals surface area contributed by atoms with Gasteiger partial charge < -0.3 is 10.1 Å². The molecule has 0 radical (unpaired) electrons. The molecule has 2 rings (SSSR count). The van der Waals surface area contributed by atoms with Crippen LogP contribution in [0.2, 0.25) is 0 Å². The van der Waals surface area contributed by atoms with Gasteiger partial charge in [0.05, 0.1) is 12.3 Å². The number of nitrogens with zero attached hydrogens (tertiary/aromatic N) is 2. The summed E-state index contributed by atoms with van der Waals surface area (Å²) in [6, 6.07) is 6.56. The lowest BCUT2D eigenvalue weighted by Crippen LogP contribution is -2.12. The minimum Gasteiger partial charge on any atom is -0.494 e. The van der Waals surface area contributed by atoms with Crippen molar-refractivity contribution in [2.24, 2.45) is 0 Å². The zero-order valence-corrected chi connectivity index (χ0v) is 13.5. The standard InChI is InChI=1S/C12H14N4O4S2/c1-3-20-10-6-4-5-9(7-10)16-22(18,19)12-15-14-11(21-12)13-8(2)17/h4-7,16H,3H2,1-2H3,(H,13,14,17). The van der Waals surface area contributed by atoms with E-state index in [1.165, 1.54) is 6.92 Å². The molecule has 0 saturated heterocycles. The number of carbonyl (C=O) groups excluding carboxylic acids is 1. The van der Waals surface area contributed by atoms with Gasteiger partial charge in [-0.15, -0.1) is 10.2 Å². The van der Waals surface area contributed by atoms with Crippen molar-refractivity contribution in [1.82, 2.24) is 10.2 Å². The molecule has 118 valence electrons. The molecule has 0 saturated carbocycles. The Bertz CT molecular complexity index is 773. The molecule has 0 fully saturated rings. The zero-order chi connectivity index (χ0) is 16.2. The first kappa shape index (κ1) is 16.2. The van der Waals surface area contributed by atoms with Gasteiger partial charge in [0.15, 0.2) is 0 Å². The van der Waals surface area contributed by atoms with Gasteiger partial charge in [-0.2, -0.15) is 8.42 Å². The van der Waals surface area contributed by atoms with E-state index in [0.717, 1.165) is 11.3 Å². The maximum absolute atomic E-state index is 12.2. The minimum absolute atomic E-state index is 0.121. The molecule has 8 nitrogen and oxygen atoms in total. The molecular formula is C12H14N4O4S2. The van der Waals surface area contributed by atoms with E-state index < -0.39 is 10.0 Å². The Hall–Kier alpha value is -2.20. The van der Waals surface area contributed by atoms with E-state index in [4.69, 9.17) is 4.74 Å². The first-order chi connectivity index (χ1) is 10.4. The molecule has 0 spiro atoms. The number of carbonyl (C=O) groups is 1. The molecule has 1 aromatic carbocycles. The van der Waals surface area contributed by atoms with Gasteiger partial charge in [0.25, 0.3) is 14.4 Å². The topological polar surface area (TPSA) is 110 Å². The number of anilines is 2. The van der Waals surface area contributed by atoms with Crippen LogP contribution in [0.25, 0.3) is 0 Å². The summed E-state index contributed by atoms with van der Waals surface area (Å²) in [6.45, 7) is 3.61. The number of amides is 1. The molecule has 2 N–H and O–H groups in total. The Morgan fingerprint density at radius 3 is 2.82 bits per heavy atom. The van der Waals surface area contributed by atoms with Crippen molar-refractivity contribution in [2.75, 3.05) is 16.6 Å². The number of rotatable bonds is 6. The normalized spacial score (nSPS) is 11.0. The van der Waals surface area contributed by atoms with Crippen molar-refractivity contribution in [3.05, 3.63) is 24.3 Å². The summed E-state index contributed by atoms with van der Waals surface area (Å²) in [4.78, 5) is 10.9. The lowest BCUT2D eigenvalue weighted by Gasteiger charge is -2.07. The summed E-state index contributed by atoms with van der Waals surface area (Å²) < 4.78 is 31.9. The average molecular weight is 342 g/mol. The molecule has 0 aliphatic carbocycles. The van der Waals surface area contributed by atoms with E-state index in [9.17, 15) is 13.2 Å². The molecule has 2 aromatic rings. The average Bonchev–Trinajstić information content (AvgIpc) is 2.87. The lowest BCUT2D eigenvalue weighted by molar-refractivity contribution is -0.114. The lowest BCUT2D eigenvalue weighted by atomic mass is 10.3. The summed E-state index contributed by atoms with van der Waals surface area (Å²) >= 11 is 0.766. The molecule has 10 heteroatoms. The van der Waals surface area contributed by atoms with Crippen LogP contribution in [0, 0.1) is 0 Å². The second kappa shape index (κ2) is 6.71. The number of hydrogen-bond acceptors (Lipinski definition) is 7. The van der Waals surface area contributed by atoms with Crippen molar-refractivity contribution in [2.45, 2.75) is 18.2 Å². The summed E-state index contributed by atoms with van der Waals surface area (Å²) in [5, 5.41) is 9.67. The Morgan fingerprint density at radius 1 is 1.36 bits per heavy atom. The molecule has 1 amide bonds. The fourth-order valence-corrected chi connectivity index (χ4v) is 3.53. The van der Waals surface area contributed by atoms with E-state index in [-0.39, 0.29) is 15.4 Å². The molecule has 1 heterocycles. The van der Waals surface area contributed by atoms with Gasteiger partial charge in [-0.25, -0.2) is 0 Å². The Kier molecular flexibility index (Phi) is 4.93. The molecule has 0 aliphatic rings. The molecule has 0 aliphatic heterocycles. The Labute approximate surface area is 131 Å². The van der Waals surface area contributed by atoms with Crippen LogP contribution in [0.3, 0.4) is 0 Å². The molecule has 0 unspecified atom stereocenters. The quantitative estimate of drug-likeness (QED) is 0.773. The summed E-state index contributed by atoms with van der Waals surface area (Å²) in [6.07, 6.45) is 0. The van der Waals surface area contributed by atoms with Crippen LogP contribution in [-0.2, 0) is 14.8 Å². The first-order valence-corrected chi connectivity index (χ1v) is 8.57. The Morgan fingerprint density at radius 2 is 2.14 bits per heavy atom. The number of benzene rings is 1. The predicted molar refractivity (Wildman–Crippen MR) is 82.6 cm³/mol. The van der Waals surface area contributed by atoms with E-state index in [2.05, 4.69) is 20.2 Å². The van der Waals surface area contributed by atoms with Crippen molar-refractivity contribution in [3.63, 3.8) is 0 Å². The third kappa shape index (κ3) is 4.15. The summed E-state index contributed by atoms with van der Waals surface area (Å²) in [7, 11) is -3.87. The predicted octanol–water partition coefficient (Wildman–Crippen LogP) is 1.70. The molecule has 0 bridgehead atoms.